The van der Waals surface area contributed by atoms with Crippen molar-refractivity contribution in [2.75, 3.05) is 20.2 Å². The standard InChI is InChI=1S/C18H25NO3/c1-14-6-3-7-15(12-14)16-8-5-11-19(13-16)17(20)9-4-10-18(21)22-2/h3,6-7,12,16H,4-5,8-11,13H2,1-2H3. The molecule has 1 saturated heterocycles. The fourth-order valence-electron chi connectivity index (χ4n) is 3.04. The van der Waals surface area contributed by atoms with E-state index in [4.69, 9.17) is 0 Å². The van der Waals surface area contributed by atoms with Crippen molar-refractivity contribution in [1.29, 1.82) is 0 Å². The average Bonchev–Trinajstić information content (AvgIpc) is 2.54. The maximum atomic E-state index is 12.3. The normalized spacial score (nSPS) is 18.1. The number of likely N-dealkylation sites (tertiary alicyclic amines) is 1. The fourth-order valence-corrected chi connectivity index (χ4v) is 3.04. The zero-order chi connectivity index (χ0) is 15.9. The smallest absolute Gasteiger partial charge is 0.305 e. The van der Waals surface area contributed by atoms with Crippen LogP contribution < -0.4 is 0 Å². The first-order chi connectivity index (χ1) is 10.6. The van der Waals surface area contributed by atoms with Crippen molar-refractivity contribution < 1.29 is 14.3 Å². The maximum Gasteiger partial charge on any atom is 0.305 e. The molecule has 0 saturated carbocycles. The highest BCUT2D eigenvalue weighted by molar-refractivity contribution is 5.77. The van der Waals surface area contributed by atoms with Gasteiger partial charge in [-0.25, -0.2) is 0 Å². The topological polar surface area (TPSA) is 46.6 Å². The molecule has 120 valence electrons. The van der Waals surface area contributed by atoms with E-state index in [-0.39, 0.29) is 11.9 Å². The Labute approximate surface area is 132 Å². The first-order valence-electron chi connectivity index (χ1n) is 8.01. The van der Waals surface area contributed by atoms with Crippen molar-refractivity contribution in [3.05, 3.63) is 35.4 Å². The van der Waals surface area contributed by atoms with Gasteiger partial charge in [0.25, 0.3) is 0 Å². The van der Waals surface area contributed by atoms with Gasteiger partial charge in [0.05, 0.1) is 7.11 Å². The Morgan fingerprint density at radius 1 is 1.32 bits per heavy atom. The van der Waals surface area contributed by atoms with Crippen LogP contribution in [0.2, 0.25) is 0 Å². The largest absolute Gasteiger partial charge is 0.469 e. The summed E-state index contributed by atoms with van der Waals surface area (Å²) >= 11 is 0. The third kappa shape index (κ3) is 4.58. The van der Waals surface area contributed by atoms with E-state index in [1.165, 1.54) is 18.2 Å². The number of nitrogens with zero attached hydrogens (tertiary/aromatic N) is 1. The van der Waals surface area contributed by atoms with Gasteiger partial charge >= 0.3 is 5.97 Å². The molecule has 0 aromatic heterocycles. The Bertz CT molecular complexity index is 527. The number of piperidine rings is 1. The monoisotopic (exact) mass is 303 g/mol. The average molecular weight is 303 g/mol. The zero-order valence-electron chi connectivity index (χ0n) is 13.5. The van der Waals surface area contributed by atoms with Crippen molar-refractivity contribution in [3.8, 4) is 0 Å². The molecule has 4 heteroatoms. The van der Waals surface area contributed by atoms with Crippen LogP contribution in [-0.4, -0.2) is 37.0 Å². The van der Waals surface area contributed by atoms with Crippen LogP contribution in [0.25, 0.3) is 0 Å². The number of rotatable bonds is 5. The van der Waals surface area contributed by atoms with Crippen LogP contribution in [-0.2, 0) is 14.3 Å². The van der Waals surface area contributed by atoms with Crippen LogP contribution in [0.4, 0.5) is 0 Å². The number of aryl methyl sites for hydroxylation is 1. The number of hydrogen-bond acceptors (Lipinski definition) is 3. The molecule has 22 heavy (non-hydrogen) atoms. The van der Waals surface area contributed by atoms with Crippen LogP contribution in [0.3, 0.4) is 0 Å². The van der Waals surface area contributed by atoms with Crippen LogP contribution in [0.15, 0.2) is 24.3 Å². The molecule has 1 unspecified atom stereocenters. The molecule has 1 heterocycles. The summed E-state index contributed by atoms with van der Waals surface area (Å²) in [6.45, 7) is 3.72. The van der Waals surface area contributed by atoms with Crippen molar-refractivity contribution in [3.63, 3.8) is 0 Å². The summed E-state index contributed by atoms with van der Waals surface area (Å²) in [5.74, 6) is 0.337. The van der Waals surface area contributed by atoms with E-state index in [1.54, 1.807) is 0 Å². The maximum absolute atomic E-state index is 12.3. The summed E-state index contributed by atoms with van der Waals surface area (Å²) in [4.78, 5) is 25.3. The Morgan fingerprint density at radius 3 is 2.86 bits per heavy atom. The number of ether oxygens (including phenoxy) is 1. The number of hydrogen-bond donors (Lipinski definition) is 0. The second kappa shape index (κ2) is 7.97. The van der Waals surface area contributed by atoms with Crippen LogP contribution in [0, 0.1) is 6.92 Å². The molecule has 1 aliphatic heterocycles. The van der Waals surface area contributed by atoms with Gasteiger partial charge in [0.1, 0.15) is 0 Å². The van der Waals surface area contributed by atoms with E-state index < -0.39 is 0 Å². The lowest BCUT2D eigenvalue weighted by molar-refractivity contribution is -0.141. The van der Waals surface area contributed by atoms with Gasteiger partial charge in [-0.15, -0.1) is 0 Å². The Morgan fingerprint density at radius 2 is 2.14 bits per heavy atom. The van der Waals surface area contributed by atoms with E-state index >= 15 is 0 Å². The summed E-state index contributed by atoms with van der Waals surface area (Å²) in [5.41, 5.74) is 2.59. The van der Waals surface area contributed by atoms with Crippen molar-refractivity contribution >= 4 is 11.9 Å². The Kier molecular flexibility index (Phi) is 5.99. The molecule has 1 fully saturated rings. The molecular formula is C18H25NO3. The first kappa shape index (κ1) is 16.5. The lowest BCUT2D eigenvalue weighted by atomic mass is 9.89. The van der Waals surface area contributed by atoms with Gasteiger partial charge in [0, 0.05) is 31.8 Å². The predicted octanol–water partition coefficient (Wildman–Crippen LogP) is 3.04. The zero-order valence-corrected chi connectivity index (χ0v) is 13.5. The van der Waals surface area contributed by atoms with Gasteiger partial charge in [-0.2, -0.15) is 0 Å². The van der Waals surface area contributed by atoms with Gasteiger partial charge in [-0.3, -0.25) is 9.59 Å². The molecule has 2 rings (SSSR count). The number of carbonyl (C=O) groups is 2. The summed E-state index contributed by atoms with van der Waals surface area (Å²) < 4.78 is 4.60. The van der Waals surface area contributed by atoms with Gasteiger partial charge < -0.3 is 9.64 Å². The number of amides is 1. The second-order valence-corrected chi connectivity index (χ2v) is 6.02. The second-order valence-electron chi connectivity index (χ2n) is 6.02. The molecule has 0 spiro atoms. The van der Waals surface area contributed by atoms with E-state index in [0.29, 0.717) is 25.2 Å². The number of carbonyl (C=O) groups excluding carboxylic acids is 2. The molecule has 4 nitrogen and oxygen atoms in total. The summed E-state index contributed by atoms with van der Waals surface area (Å²) in [6.07, 6.45) is 3.49. The van der Waals surface area contributed by atoms with Crippen molar-refractivity contribution in [1.82, 2.24) is 4.90 Å². The number of methoxy groups -OCH3 is 1. The van der Waals surface area contributed by atoms with Crippen molar-refractivity contribution in [2.45, 2.75) is 44.9 Å². The summed E-state index contributed by atoms with van der Waals surface area (Å²) in [5, 5.41) is 0. The summed E-state index contributed by atoms with van der Waals surface area (Å²) in [6, 6.07) is 8.56. The van der Waals surface area contributed by atoms with Crippen LogP contribution >= 0.6 is 0 Å². The molecule has 1 aromatic carbocycles. The minimum atomic E-state index is -0.246. The molecule has 1 amide bonds. The quantitative estimate of drug-likeness (QED) is 0.785. The highest BCUT2D eigenvalue weighted by Gasteiger charge is 2.24. The Hall–Kier alpha value is -1.84. The van der Waals surface area contributed by atoms with E-state index in [2.05, 4.69) is 35.9 Å². The molecule has 1 atom stereocenters. The lowest BCUT2D eigenvalue weighted by Crippen LogP contribution is -2.39. The third-order valence-electron chi connectivity index (χ3n) is 4.29. The fraction of sp³-hybridized carbons (Fsp3) is 0.556. The minimum Gasteiger partial charge on any atom is -0.469 e. The molecule has 0 bridgehead atoms. The summed E-state index contributed by atoms with van der Waals surface area (Å²) in [7, 11) is 1.38. The molecule has 0 aliphatic carbocycles. The third-order valence-corrected chi connectivity index (χ3v) is 4.29. The van der Waals surface area contributed by atoms with Crippen LogP contribution in [0.1, 0.15) is 49.1 Å². The van der Waals surface area contributed by atoms with E-state index in [0.717, 1.165) is 25.9 Å². The highest BCUT2D eigenvalue weighted by atomic mass is 16.5. The number of esters is 1. The van der Waals surface area contributed by atoms with Gasteiger partial charge in [0.15, 0.2) is 0 Å². The lowest BCUT2D eigenvalue weighted by Gasteiger charge is -2.33. The van der Waals surface area contributed by atoms with Gasteiger partial charge in [0.2, 0.25) is 5.91 Å². The van der Waals surface area contributed by atoms with E-state index in [1.807, 2.05) is 4.90 Å². The van der Waals surface area contributed by atoms with E-state index in [9.17, 15) is 9.59 Å². The SMILES string of the molecule is COC(=O)CCCC(=O)N1CCCC(c2cccc(C)c2)C1. The molecular weight excluding hydrogens is 278 g/mol. The van der Waals surface area contributed by atoms with Crippen molar-refractivity contribution in [2.24, 2.45) is 0 Å². The number of benzene rings is 1. The van der Waals surface area contributed by atoms with Gasteiger partial charge in [-0.1, -0.05) is 29.8 Å². The molecule has 1 aromatic rings. The molecule has 1 aliphatic rings. The predicted molar refractivity (Wildman–Crippen MR) is 85.6 cm³/mol. The van der Waals surface area contributed by atoms with Gasteiger partial charge in [-0.05, 0) is 31.7 Å². The minimum absolute atomic E-state index is 0.154. The highest BCUT2D eigenvalue weighted by Crippen LogP contribution is 2.27. The Balaban J connectivity index is 1.87. The first-order valence-corrected chi connectivity index (χ1v) is 8.01. The molecule has 0 N–H and O–H groups in total. The van der Waals surface area contributed by atoms with Crippen LogP contribution in [0.5, 0.6) is 0 Å². The molecule has 0 radical (unpaired) electrons.